The van der Waals surface area contributed by atoms with E-state index >= 15 is 0 Å². The first-order valence-electron chi connectivity index (χ1n) is 3.21. The van der Waals surface area contributed by atoms with Crippen LogP contribution < -0.4 is 0 Å². The number of rotatable bonds is 5. The van der Waals surface area contributed by atoms with Crippen molar-refractivity contribution in [2.75, 3.05) is 0 Å². The number of hydrogen-bond acceptors (Lipinski definition) is 4. The van der Waals surface area contributed by atoms with Crippen molar-refractivity contribution in [3.8, 4) is 0 Å². The lowest BCUT2D eigenvalue weighted by Crippen LogP contribution is -2.46. The van der Waals surface area contributed by atoms with Gasteiger partial charge < -0.3 is 25.9 Å². The maximum absolute atomic E-state index is 10.3. The summed E-state index contributed by atoms with van der Waals surface area (Å²) in [4.78, 5) is 30.5. The van der Waals surface area contributed by atoms with E-state index in [0.29, 0.717) is 0 Å². The molecule has 0 unspecified atom stereocenters. The Hall–Kier alpha value is -1.67. The van der Waals surface area contributed by atoms with Crippen LogP contribution >= 0.6 is 0 Å². The number of aliphatic hydroxyl groups is 1. The van der Waals surface area contributed by atoms with E-state index in [9.17, 15) is 14.4 Å². The van der Waals surface area contributed by atoms with Crippen LogP contribution in [-0.4, -0.2) is 49.4 Å². The lowest BCUT2D eigenvalue weighted by atomic mass is 9.98. The van der Waals surface area contributed by atoms with E-state index in [2.05, 4.69) is 0 Å². The summed E-state index contributed by atoms with van der Waals surface area (Å²) in [5, 5.41) is 33.7. The minimum Gasteiger partial charge on any atom is -0.481 e. The van der Waals surface area contributed by atoms with Crippen LogP contribution in [0.3, 0.4) is 0 Å². The Bertz CT molecular complexity index is 230. The van der Waals surface area contributed by atoms with Crippen molar-refractivity contribution in [3.63, 3.8) is 0 Å². The minimum atomic E-state index is -3.02. The average Bonchev–Trinajstić information content (AvgIpc) is 1.99. The first kappa shape index (κ1) is 14.8. The zero-order valence-corrected chi connectivity index (χ0v) is 6.93. The van der Waals surface area contributed by atoms with Gasteiger partial charge in [0, 0.05) is 12.8 Å². The van der Waals surface area contributed by atoms with Gasteiger partial charge >= 0.3 is 17.9 Å². The molecular formula is C6H10O8. The number of hydrogen-bond donors (Lipinski definition) is 4. The number of carboxylic acid groups (broad SMARTS) is 3. The molecule has 0 aromatic carbocycles. The van der Waals surface area contributed by atoms with Gasteiger partial charge in [0.05, 0.1) is 0 Å². The van der Waals surface area contributed by atoms with E-state index in [4.69, 9.17) is 20.4 Å². The van der Waals surface area contributed by atoms with Gasteiger partial charge in [-0.25, -0.2) is 9.59 Å². The zero-order chi connectivity index (χ0) is 10.6. The van der Waals surface area contributed by atoms with Crippen LogP contribution in [0.25, 0.3) is 0 Å². The fraction of sp³-hybridized carbons (Fsp3) is 0.500. The molecule has 0 fully saturated rings. The van der Waals surface area contributed by atoms with Crippen molar-refractivity contribution in [3.05, 3.63) is 0 Å². The molecule has 0 amide bonds. The highest BCUT2D eigenvalue weighted by Gasteiger charge is 2.44. The number of carbonyl (C=O) groups is 3. The van der Waals surface area contributed by atoms with Crippen LogP contribution in [0.1, 0.15) is 12.8 Å². The van der Waals surface area contributed by atoms with E-state index in [1.807, 2.05) is 0 Å². The number of carboxylic acids is 3. The molecule has 0 aromatic heterocycles. The Kier molecular flexibility index (Phi) is 5.45. The first-order chi connectivity index (χ1) is 5.80. The molecule has 0 aliphatic carbocycles. The second-order valence-electron chi connectivity index (χ2n) is 2.36. The molecule has 0 aliphatic heterocycles. The van der Waals surface area contributed by atoms with Gasteiger partial charge in [-0.15, -0.1) is 0 Å². The highest BCUT2D eigenvalue weighted by molar-refractivity contribution is 6.01. The summed E-state index contributed by atoms with van der Waals surface area (Å²) in [6.45, 7) is 0. The molecule has 0 bridgehead atoms. The molecule has 0 radical (unpaired) electrons. The summed E-state index contributed by atoms with van der Waals surface area (Å²) in [6.07, 6.45) is -1.60. The molecular weight excluding hydrogens is 200 g/mol. The molecule has 0 aromatic rings. The summed E-state index contributed by atoms with van der Waals surface area (Å²) < 4.78 is 0. The summed E-state index contributed by atoms with van der Waals surface area (Å²) in [5.41, 5.74) is -3.02. The zero-order valence-electron chi connectivity index (χ0n) is 6.93. The van der Waals surface area contributed by atoms with Gasteiger partial charge in [-0.1, -0.05) is 0 Å². The van der Waals surface area contributed by atoms with Crippen LogP contribution in [0.4, 0.5) is 0 Å². The summed E-state index contributed by atoms with van der Waals surface area (Å²) in [7, 11) is 0. The summed E-state index contributed by atoms with van der Waals surface area (Å²) >= 11 is 0. The average molecular weight is 210 g/mol. The van der Waals surface area contributed by atoms with Gasteiger partial charge in [0.15, 0.2) is 0 Å². The standard InChI is InChI=1S/C6H8O7.H2O/c7-3(8)1-2-6(13,4(9)10)5(11)12;/h13H,1-2H2,(H,7,8)(H,9,10)(H,11,12);1H2. The van der Waals surface area contributed by atoms with E-state index in [1.54, 1.807) is 0 Å². The van der Waals surface area contributed by atoms with Crippen molar-refractivity contribution in [1.29, 1.82) is 0 Å². The predicted octanol–water partition coefficient (Wildman–Crippen LogP) is -2.07. The predicted molar refractivity (Wildman–Crippen MR) is 40.7 cm³/mol. The van der Waals surface area contributed by atoms with Crippen molar-refractivity contribution >= 4 is 17.9 Å². The molecule has 0 rings (SSSR count). The van der Waals surface area contributed by atoms with E-state index < -0.39 is 36.4 Å². The maximum Gasteiger partial charge on any atom is 0.347 e. The molecule has 0 atom stereocenters. The Labute approximate surface area is 77.7 Å². The minimum absolute atomic E-state index is 0. The van der Waals surface area contributed by atoms with Crippen molar-refractivity contribution in [2.24, 2.45) is 0 Å². The molecule has 0 spiro atoms. The lowest BCUT2D eigenvalue weighted by Gasteiger charge is -2.16. The third-order valence-electron chi connectivity index (χ3n) is 1.41. The van der Waals surface area contributed by atoms with Gasteiger partial charge in [-0.2, -0.15) is 0 Å². The van der Waals surface area contributed by atoms with E-state index in [1.165, 1.54) is 0 Å². The monoisotopic (exact) mass is 210 g/mol. The fourth-order valence-corrected chi connectivity index (χ4v) is 0.593. The fourth-order valence-electron chi connectivity index (χ4n) is 0.593. The second kappa shape index (κ2) is 5.14. The Morgan fingerprint density at radius 1 is 1.00 bits per heavy atom. The van der Waals surface area contributed by atoms with Gasteiger partial charge in [-0.05, 0) is 0 Å². The van der Waals surface area contributed by atoms with Crippen molar-refractivity contribution in [2.45, 2.75) is 18.4 Å². The Morgan fingerprint density at radius 3 is 1.57 bits per heavy atom. The normalized spacial score (nSPS) is 10.1. The first-order valence-corrected chi connectivity index (χ1v) is 3.21. The highest BCUT2D eigenvalue weighted by atomic mass is 16.4. The summed E-state index contributed by atoms with van der Waals surface area (Å²) in [5.74, 6) is -5.32. The molecule has 0 heterocycles. The van der Waals surface area contributed by atoms with E-state index in [0.717, 1.165) is 0 Å². The topological polar surface area (TPSA) is 164 Å². The summed E-state index contributed by atoms with van der Waals surface area (Å²) in [6, 6.07) is 0. The SMILES string of the molecule is O.O=C(O)CCC(O)(C(=O)O)C(=O)O. The lowest BCUT2D eigenvalue weighted by molar-refractivity contribution is -0.177. The molecule has 0 aliphatic rings. The maximum atomic E-state index is 10.3. The largest absolute Gasteiger partial charge is 0.481 e. The van der Waals surface area contributed by atoms with Crippen molar-refractivity contribution in [1.82, 2.24) is 0 Å². The third-order valence-corrected chi connectivity index (χ3v) is 1.41. The van der Waals surface area contributed by atoms with Crippen molar-refractivity contribution < 1.29 is 40.3 Å². The van der Waals surface area contributed by atoms with Gasteiger partial charge in [-0.3, -0.25) is 4.79 Å². The number of aliphatic carboxylic acids is 3. The van der Waals surface area contributed by atoms with Gasteiger partial charge in [0.25, 0.3) is 5.60 Å². The third kappa shape index (κ3) is 3.37. The molecule has 8 heteroatoms. The Morgan fingerprint density at radius 2 is 1.36 bits per heavy atom. The van der Waals surface area contributed by atoms with E-state index in [-0.39, 0.29) is 5.48 Å². The van der Waals surface area contributed by atoms with Crippen LogP contribution in [-0.2, 0) is 14.4 Å². The molecule has 14 heavy (non-hydrogen) atoms. The Balaban J connectivity index is 0. The van der Waals surface area contributed by atoms with Gasteiger partial charge in [0.1, 0.15) is 0 Å². The van der Waals surface area contributed by atoms with Crippen LogP contribution in [0.5, 0.6) is 0 Å². The smallest absolute Gasteiger partial charge is 0.347 e. The van der Waals surface area contributed by atoms with Crippen LogP contribution in [0, 0.1) is 0 Å². The molecule has 0 saturated heterocycles. The van der Waals surface area contributed by atoms with Gasteiger partial charge in [0.2, 0.25) is 0 Å². The van der Waals surface area contributed by atoms with Crippen LogP contribution in [0.2, 0.25) is 0 Å². The molecule has 6 N–H and O–H groups in total. The molecule has 0 saturated carbocycles. The second-order valence-corrected chi connectivity index (χ2v) is 2.36. The molecule has 82 valence electrons. The quantitative estimate of drug-likeness (QED) is 0.378. The van der Waals surface area contributed by atoms with Crippen LogP contribution in [0.15, 0.2) is 0 Å². The highest BCUT2D eigenvalue weighted by Crippen LogP contribution is 2.13. The molecule has 8 nitrogen and oxygen atoms in total.